The molecule has 0 aromatic heterocycles. The smallest absolute Gasteiger partial charge is 0.255 e. The topological polar surface area (TPSA) is 46.3 Å². The Kier molecular flexibility index (Phi) is 4.46. The normalized spacial score (nSPS) is 9.73. The Bertz CT molecular complexity index is 395. The number of hydrogen-bond donors (Lipinski definition) is 1. The first kappa shape index (κ1) is 12.4. The average molecular weight is 334 g/mol. The summed E-state index contributed by atoms with van der Waals surface area (Å²) in [6, 6.07) is 7.42. The SMILES string of the molecule is CN(CC(N)=S)C(=O)c1ccccc1I. The fourth-order valence-electron chi connectivity index (χ4n) is 1.15. The monoisotopic (exact) mass is 334 g/mol. The Morgan fingerprint density at radius 2 is 2.13 bits per heavy atom. The molecule has 80 valence electrons. The van der Waals surface area contributed by atoms with E-state index in [0.29, 0.717) is 17.1 Å². The van der Waals surface area contributed by atoms with Crippen molar-refractivity contribution in [1.29, 1.82) is 0 Å². The molecule has 0 atom stereocenters. The fraction of sp³-hybridized carbons (Fsp3) is 0.200. The highest BCUT2D eigenvalue weighted by Gasteiger charge is 2.14. The van der Waals surface area contributed by atoms with Gasteiger partial charge in [-0.3, -0.25) is 4.79 Å². The van der Waals surface area contributed by atoms with E-state index in [4.69, 9.17) is 18.0 Å². The quantitative estimate of drug-likeness (QED) is 0.675. The number of rotatable bonds is 3. The molecule has 0 radical (unpaired) electrons. The molecular weight excluding hydrogens is 323 g/mol. The van der Waals surface area contributed by atoms with Crippen LogP contribution in [0.5, 0.6) is 0 Å². The van der Waals surface area contributed by atoms with Gasteiger partial charge in [-0.15, -0.1) is 0 Å². The molecule has 2 N–H and O–H groups in total. The first-order valence-electron chi connectivity index (χ1n) is 4.30. The lowest BCUT2D eigenvalue weighted by Gasteiger charge is -2.16. The molecule has 1 aromatic carbocycles. The van der Waals surface area contributed by atoms with Crippen molar-refractivity contribution in [3.05, 3.63) is 33.4 Å². The lowest BCUT2D eigenvalue weighted by atomic mass is 10.2. The number of carbonyl (C=O) groups is 1. The van der Waals surface area contributed by atoms with Crippen molar-refractivity contribution in [3.63, 3.8) is 0 Å². The number of likely N-dealkylation sites (N-methyl/N-ethyl adjacent to an activating group) is 1. The van der Waals surface area contributed by atoms with Crippen LogP contribution in [-0.2, 0) is 0 Å². The first-order chi connectivity index (χ1) is 7.02. The van der Waals surface area contributed by atoms with Gasteiger partial charge in [0.1, 0.15) is 0 Å². The summed E-state index contributed by atoms with van der Waals surface area (Å²) in [6.07, 6.45) is 0. The number of nitrogens with two attached hydrogens (primary N) is 1. The van der Waals surface area contributed by atoms with Crippen LogP contribution in [0.1, 0.15) is 10.4 Å². The number of thiocarbonyl (C=S) groups is 1. The van der Waals surface area contributed by atoms with Gasteiger partial charge >= 0.3 is 0 Å². The molecule has 1 aromatic rings. The van der Waals surface area contributed by atoms with Gasteiger partial charge in [-0.2, -0.15) is 0 Å². The summed E-state index contributed by atoms with van der Waals surface area (Å²) in [5.74, 6) is -0.0622. The van der Waals surface area contributed by atoms with E-state index < -0.39 is 0 Å². The number of carbonyl (C=O) groups excluding carboxylic acids is 1. The molecule has 5 heteroatoms. The van der Waals surface area contributed by atoms with Gasteiger partial charge < -0.3 is 10.6 Å². The molecule has 0 aliphatic carbocycles. The van der Waals surface area contributed by atoms with Crippen molar-refractivity contribution < 1.29 is 4.79 Å². The van der Waals surface area contributed by atoms with Gasteiger partial charge in [0.05, 0.1) is 17.1 Å². The van der Waals surface area contributed by atoms with Crippen LogP contribution in [0.25, 0.3) is 0 Å². The predicted octanol–water partition coefficient (Wildman–Crippen LogP) is 1.65. The summed E-state index contributed by atoms with van der Waals surface area (Å²) in [5, 5.41) is 0. The molecule has 1 amide bonds. The number of benzene rings is 1. The molecule has 15 heavy (non-hydrogen) atoms. The van der Waals surface area contributed by atoms with E-state index in [-0.39, 0.29) is 5.91 Å². The van der Waals surface area contributed by atoms with Gasteiger partial charge in [0, 0.05) is 10.6 Å². The van der Waals surface area contributed by atoms with E-state index in [0.717, 1.165) is 3.57 Å². The van der Waals surface area contributed by atoms with Gasteiger partial charge in [-0.05, 0) is 34.7 Å². The number of amides is 1. The molecule has 0 saturated carbocycles. The second-order valence-electron chi connectivity index (χ2n) is 3.11. The molecule has 0 aliphatic heterocycles. The molecule has 0 aliphatic rings. The maximum absolute atomic E-state index is 11.9. The first-order valence-corrected chi connectivity index (χ1v) is 5.79. The van der Waals surface area contributed by atoms with Crippen LogP contribution < -0.4 is 5.73 Å². The molecular formula is C10H11IN2OS. The molecule has 0 heterocycles. The van der Waals surface area contributed by atoms with Crippen LogP contribution in [0.2, 0.25) is 0 Å². The Morgan fingerprint density at radius 3 is 2.67 bits per heavy atom. The lowest BCUT2D eigenvalue weighted by molar-refractivity contribution is 0.0814. The number of nitrogens with zero attached hydrogens (tertiary/aromatic N) is 1. The Hall–Kier alpha value is -0.690. The molecule has 0 unspecified atom stereocenters. The van der Waals surface area contributed by atoms with E-state index in [2.05, 4.69) is 22.6 Å². The van der Waals surface area contributed by atoms with Crippen LogP contribution >= 0.6 is 34.8 Å². The lowest BCUT2D eigenvalue weighted by Crippen LogP contribution is -2.34. The third-order valence-electron chi connectivity index (χ3n) is 1.84. The summed E-state index contributed by atoms with van der Waals surface area (Å²) in [7, 11) is 1.69. The van der Waals surface area contributed by atoms with Gasteiger partial charge in [0.25, 0.3) is 5.91 Å². The van der Waals surface area contributed by atoms with Crippen LogP contribution in [-0.4, -0.2) is 29.4 Å². The standard InChI is InChI=1S/C10H11IN2OS/c1-13(6-9(12)15)10(14)7-4-2-3-5-8(7)11/h2-5H,6H2,1H3,(H2,12,15). The molecule has 0 spiro atoms. The van der Waals surface area contributed by atoms with E-state index >= 15 is 0 Å². The van der Waals surface area contributed by atoms with Crippen molar-refractivity contribution in [2.24, 2.45) is 5.73 Å². The second kappa shape index (κ2) is 5.41. The highest BCUT2D eigenvalue weighted by atomic mass is 127. The third kappa shape index (κ3) is 3.42. The number of hydrogen-bond acceptors (Lipinski definition) is 2. The van der Waals surface area contributed by atoms with Crippen LogP contribution in [0.15, 0.2) is 24.3 Å². The highest BCUT2D eigenvalue weighted by Crippen LogP contribution is 2.13. The fourth-order valence-corrected chi connectivity index (χ4v) is 1.96. The van der Waals surface area contributed by atoms with Crippen molar-refractivity contribution in [2.45, 2.75) is 0 Å². The number of halogens is 1. The zero-order chi connectivity index (χ0) is 11.4. The van der Waals surface area contributed by atoms with Crippen LogP contribution in [0.3, 0.4) is 0 Å². The van der Waals surface area contributed by atoms with Crippen molar-refractivity contribution in [2.75, 3.05) is 13.6 Å². The Morgan fingerprint density at radius 1 is 1.53 bits per heavy atom. The van der Waals surface area contributed by atoms with Gasteiger partial charge in [0.15, 0.2) is 0 Å². The summed E-state index contributed by atoms with van der Waals surface area (Å²) < 4.78 is 0.926. The summed E-state index contributed by atoms with van der Waals surface area (Å²) in [5.41, 5.74) is 6.06. The summed E-state index contributed by atoms with van der Waals surface area (Å²) >= 11 is 6.89. The average Bonchev–Trinajstić information content (AvgIpc) is 2.16. The van der Waals surface area contributed by atoms with Gasteiger partial charge in [-0.25, -0.2) is 0 Å². The van der Waals surface area contributed by atoms with Gasteiger partial charge in [0.2, 0.25) is 0 Å². The molecule has 0 bridgehead atoms. The zero-order valence-electron chi connectivity index (χ0n) is 8.24. The van der Waals surface area contributed by atoms with E-state index in [1.165, 1.54) is 4.90 Å². The highest BCUT2D eigenvalue weighted by molar-refractivity contribution is 14.1. The van der Waals surface area contributed by atoms with Crippen molar-refractivity contribution in [3.8, 4) is 0 Å². The van der Waals surface area contributed by atoms with E-state index in [9.17, 15) is 4.79 Å². The van der Waals surface area contributed by atoms with E-state index in [1.807, 2.05) is 18.2 Å². The maximum Gasteiger partial charge on any atom is 0.255 e. The molecule has 0 saturated heterocycles. The second-order valence-corrected chi connectivity index (χ2v) is 4.79. The molecule has 3 nitrogen and oxygen atoms in total. The Balaban J connectivity index is 2.85. The molecule has 0 fully saturated rings. The summed E-state index contributed by atoms with van der Waals surface area (Å²) in [6.45, 7) is 0.305. The third-order valence-corrected chi connectivity index (χ3v) is 2.91. The minimum atomic E-state index is -0.0622. The van der Waals surface area contributed by atoms with Gasteiger partial charge in [-0.1, -0.05) is 24.4 Å². The minimum Gasteiger partial charge on any atom is -0.392 e. The van der Waals surface area contributed by atoms with Crippen molar-refractivity contribution >= 4 is 45.7 Å². The minimum absolute atomic E-state index is 0.0622. The van der Waals surface area contributed by atoms with Crippen molar-refractivity contribution in [1.82, 2.24) is 4.90 Å². The maximum atomic E-state index is 11.9. The Labute approximate surface area is 108 Å². The van der Waals surface area contributed by atoms with E-state index in [1.54, 1.807) is 13.1 Å². The predicted molar refractivity (Wildman–Crippen MR) is 72.9 cm³/mol. The molecule has 1 rings (SSSR count). The van der Waals surface area contributed by atoms with Crippen LogP contribution in [0.4, 0.5) is 0 Å². The zero-order valence-corrected chi connectivity index (χ0v) is 11.2. The summed E-state index contributed by atoms with van der Waals surface area (Å²) in [4.78, 5) is 13.7. The van der Waals surface area contributed by atoms with Crippen LogP contribution in [0, 0.1) is 3.57 Å². The largest absolute Gasteiger partial charge is 0.392 e.